The maximum Gasteiger partial charge on any atom is 0.219 e. The Morgan fingerprint density at radius 2 is 1.14 bits per heavy atom. The number of benzene rings is 1. The molecule has 0 aliphatic rings. The molecule has 1 aromatic rings. The molecule has 0 aliphatic heterocycles. The highest BCUT2D eigenvalue weighted by Gasteiger charge is 2.21. The zero-order chi connectivity index (χ0) is 38.9. The van der Waals surface area contributed by atoms with Gasteiger partial charge in [-0.25, -0.2) is 0 Å². The van der Waals surface area contributed by atoms with E-state index in [0.29, 0.717) is 54.5 Å². The van der Waals surface area contributed by atoms with Gasteiger partial charge in [-0.3, -0.25) is 9.59 Å². The molecule has 0 saturated heterocycles. The number of rotatable bonds is 22. The van der Waals surface area contributed by atoms with Crippen molar-refractivity contribution in [3.8, 4) is 0 Å². The van der Waals surface area contributed by atoms with E-state index in [1.54, 1.807) is 19.9 Å². The van der Waals surface area contributed by atoms with Gasteiger partial charge in [0, 0.05) is 33.5 Å². The number of hydrogen-bond donors (Lipinski definition) is 6. The summed E-state index contributed by atoms with van der Waals surface area (Å²) in [4.78, 5) is 23.8. The highest BCUT2D eigenvalue weighted by molar-refractivity contribution is 5.73. The van der Waals surface area contributed by atoms with Crippen molar-refractivity contribution >= 4 is 11.8 Å². The summed E-state index contributed by atoms with van der Waals surface area (Å²) < 4.78 is 0. The quantitative estimate of drug-likeness (QED) is 0.0767. The molecule has 0 heterocycles. The average Bonchev–Trinajstić information content (AvgIpc) is 3.12. The van der Waals surface area contributed by atoms with E-state index in [4.69, 9.17) is 28.7 Å². The van der Waals surface area contributed by atoms with Gasteiger partial charge in [0.05, 0.1) is 0 Å². The van der Waals surface area contributed by atoms with E-state index in [2.05, 4.69) is 65.6 Å². The molecule has 294 valence electrons. The summed E-state index contributed by atoms with van der Waals surface area (Å²) in [5, 5.41) is 2.76. The number of nitrogens with zero attached hydrogens (tertiary/aromatic N) is 1. The Kier molecular flexibility index (Phi) is 36.6. The number of carbonyl (C=O) groups excluding carboxylic acids is 2. The summed E-state index contributed by atoms with van der Waals surface area (Å²) in [6.45, 7) is 27.4. The maximum atomic E-state index is 11.5. The smallest absolute Gasteiger partial charge is 0.219 e. The summed E-state index contributed by atoms with van der Waals surface area (Å²) in [6, 6.07) is 10.1. The summed E-state index contributed by atoms with van der Waals surface area (Å²) in [7, 11) is 0. The minimum atomic E-state index is 0.0651. The Hall–Kier alpha value is -2.30. The summed E-state index contributed by atoms with van der Waals surface area (Å²) in [6.07, 6.45) is 9.51. The molecular formula is C41H83N7O2. The van der Waals surface area contributed by atoms with Crippen molar-refractivity contribution in [2.75, 3.05) is 45.8 Å². The van der Waals surface area contributed by atoms with Crippen LogP contribution >= 0.6 is 0 Å². The zero-order valence-electron chi connectivity index (χ0n) is 34.0. The molecule has 7 atom stereocenters. The van der Waals surface area contributed by atoms with Crippen LogP contribution in [0.2, 0.25) is 0 Å². The molecule has 0 aromatic heterocycles. The molecule has 11 N–H and O–H groups in total. The third kappa shape index (κ3) is 30.5. The van der Waals surface area contributed by atoms with Crippen LogP contribution in [0.15, 0.2) is 43.0 Å². The van der Waals surface area contributed by atoms with E-state index in [9.17, 15) is 9.59 Å². The fraction of sp³-hybridized carbons (Fsp3) is 0.756. The second kappa shape index (κ2) is 35.1. The number of carbonyl (C=O) groups is 2. The highest BCUT2D eigenvalue weighted by Crippen LogP contribution is 2.26. The van der Waals surface area contributed by atoms with Crippen molar-refractivity contribution in [1.82, 2.24) is 10.2 Å². The Labute approximate surface area is 309 Å². The van der Waals surface area contributed by atoms with Crippen molar-refractivity contribution in [2.24, 2.45) is 70.1 Å². The van der Waals surface area contributed by atoms with Crippen LogP contribution < -0.4 is 34.0 Å². The maximum absolute atomic E-state index is 11.5. The molecule has 0 radical (unpaired) electrons. The Morgan fingerprint density at radius 3 is 1.50 bits per heavy atom. The fourth-order valence-electron chi connectivity index (χ4n) is 5.45. The Morgan fingerprint density at radius 1 is 0.700 bits per heavy atom. The topological polar surface area (TPSA) is 180 Å². The van der Waals surface area contributed by atoms with Crippen molar-refractivity contribution in [2.45, 2.75) is 114 Å². The van der Waals surface area contributed by atoms with Crippen LogP contribution in [0.5, 0.6) is 0 Å². The Bertz CT molecular complexity index is 913. The average molecular weight is 706 g/mol. The lowest BCUT2D eigenvalue weighted by Crippen LogP contribution is -2.32. The predicted octanol–water partition coefficient (Wildman–Crippen LogP) is 6.29. The first-order valence-corrected chi connectivity index (χ1v) is 19.4. The number of nitrogens with two attached hydrogens (primary N) is 5. The molecule has 0 spiro atoms. The first-order valence-electron chi connectivity index (χ1n) is 19.4. The first-order chi connectivity index (χ1) is 23.7. The normalized spacial score (nSPS) is 14.7. The lowest BCUT2D eigenvalue weighted by molar-refractivity contribution is -0.130. The van der Waals surface area contributed by atoms with E-state index < -0.39 is 0 Å². The van der Waals surface area contributed by atoms with Crippen LogP contribution in [0.1, 0.15) is 113 Å². The fourth-order valence-corrected chi connectivity index (χ4v) is 5.45. The molecule has 9 heteroatoms. The van der Waals surface area contributed by atoms with Gasteiger partial charge >= 0.3 is 0 Å². The van der Waals surface area contributed by atoms with Gasteiger partial charge < -0.3 is 38.9 Å². The third-order valence-corrected chi connectivity index (χ3v) is 9.34. The molecule has 2 amide bonds. The van der Waals surface area contributed by atoms with Gasteiger partial charge in [0.1, 0.15) is 0 Å². The highest BCUT2D eigenvalue weighted by atomic mass is 16.2. The number of allylic oxidation sites excluding steroid dienone is 1. The van der Waals surface area contributed by atoms with Gasteiger partial charge in [-0.1, -0.05) is 97.2 Å². The number of hydrogen-bond acceptors (Lipinski definition) is 7. The Balaban J connectivity index is -0.000000685. The largest absolute Gasteiger partial charge is 0.356 e. The SMILES string of the molecule is C=CC.CCC(C)CN(Cc1ccccc1)C(C)=O.CCC(C)CNC(C)=O.CCC(CN)CC(CN)CC(CN)CC(CN)CC(C)CN. The molecule has 7 unspecified atom stereocenters. The van der Waals surface area contributed by atoms with Gasteiger partial charge in [0.25, 0.3) is 0 Å². The molecule has 0 fully saturated rings. The summed E-state index contributed by atoms with van der Waals surface area (Å²) in [5.41, 5.74) is 30.7. The minimum absolute atomic E-state index is 0.0651. The van der Waals surface area contributed by atoms with Crippen LogP contribution in [0.3, 0.4) is 0 Å². The van der Waals surface area contributed by atoms with Gasteiger partial charge in [-0.05, 0) is 112 Å². The van der Waals surface area contributed by atoms with E-state index in [0.717, 1.165) is 84.2 Å². The van der Waals surface area contributed by atoms with Crippen molar-refractivity contribution in [3.05, 3.63) is 48.6 Å². The van der Waals surface area contributed by atoms with Crippen LogP contribution in [0.25, 0.3) is 0 Å². The van der Waals surface area contributed by atoms with Crippen molar-refractivity contribution in [3.63, 3.8) is 0 Å². The minimum Gasteiger partial charge on any atom is -0.356 e. The van der Waals surface area contributed by atoms with Gasteiger partial charge in [0.15, 0.2) is 0 Å². The molecule has 0 bridgehead atoms. The van der Waals surface area contributed by atoms with Crippen LogP contribution in [-0.4, -0.2) is 62.5 Å². The van der Waals surface area contributed by atoms with Crippen LogP contribution in [0, 0.1) is 41.4 Å². The van der Waals surface area contributed by atoms with Gasteiger partial charge in [-0.2, -0.15) is 0 Å². The lowest BCUT2D eigenvalue weighted by atomic mass is 9.80. The second-order valence-electron chi connectivity index (χ2n) is 14.4. The van der Waals surface area contributed by atoms with Crippen LogP contribution in [0.4, 0.5) is 0 Å². The van der Waals surface area contributed by atoms with Gasteiger partial charge in [0.2, 0.25) is 11.8 Å². The monoisotopic (exact) mass is 706 g/mol. The van der Waals surface area contributed by atoms with E-state index in [1.807, 2.05) is 30.0 Å². The number of amides is 2. The molecule has 1 rings (SSSR count). The standard InChI is InChI=1S/C17H41N5.C14H21NO.C7H15NO.C3H6/c1-3-14(9-19)5-16(11-21)7-17(12-22)6-15(10-20)4-13(2)8-18;1-4-12(2)10-15(13(3)16)11-14-8-6-5-7-9-14;1-4-6(2)5-8-7(3)9;1-3-2/h13-17H,3-12,18-22H2,1-2H3;5-9,12H,4,10-11H2,1-3H3;6H,4-5H2,1-3H3,(H,8,9);3H,1H2,2H3. The second-order valence-corrected chi connectivity index (χ2v) is 14.4. The third-order valence-electron chi connectivity index (χ3n) is 9.34. The number of nitrogens with one attached hydrogen (secondary N) is 1. The van der Waals surface area contributed by atoms with E-state index in [-0.39, 0.29) is 11.8 Å². The van der Waals surface area contributed by atoms with E-state index in [1.165, 1.54) is 5.56 Å². The zero-order valence-corrected chi connectivity index (χ0v) is 34.0. The molecule has 9 nitrogen and oxygen atoms in total. The summed E-state index contributed by atoms with van der Waals surface area (Å²) in [5.74, 6) is 4.03. The van der Waals surface area contributed by atoms with Crippen LogP contribution in [-0.2, 0) is 16.1 Å². The lowest BCUT2D eigenvalue weighted by Gasteiger charge is -2.28. The molecule has 1 aromatic carbocycles. The van der Waals surface area contributed by atoms with Crippen molar-refractivity contribution < 1.29 is 9.59 Å². The van der Waals surface area contributed by atoms with Crippen molar-refractivity contribution in [1.29, 1.82) is 0 Å². The van der Waals surface area contributed by atoms with E-state index >= 15 is 0 Å². The molecular weight excluding hydrogens is 622 g/mol. The molecule has 50 heavy (non-hydrogen) atoms. The van der Waals surface area contributed by atoms with Gasteiger partial charge in [-0.15, -0.1) is 6.58 Å². The molecule has 0 saturated carbocycles. The first kappa shape index (κ1) is 52.1. The molecule has 0 aliphatic carbocycles. The summed E-state index contributed by atoms with van der Waals surface area (Å²) >= 11 is 0. The predicted molar refractivity (Wildman–Crippen MR) is 218 cm³/mol.